The van der Waals surface area contributed by atoms with Gasteiger partial charge in [0.1, 0.15) is 6.04 Å². The summed E-state index contributed by atoms with van der Waals surface area (Å²) < 4.78 is 0. The number of piperazine rings is 1. The van der Waals surface area contributed by atoms with E-state index in [2.05, 4.69) is 22.2 Å². The van der Waals surface area contributed by atoms with Crippen molar-refractivity contribution in [2.75, 3.05) is 46.3 Å². The summed E-state index contributed by atoms with van der Waals surface area (Å²) in [5.41, 5.74) is 1.71. The van der Waals surface area contributed by atoms with Crippen LogP contribution < -0.4 is 5.32 Å². The van der Waals surface area contributed by atoms with Crippen LogP contribution in [0.1, 0.15) is 42.6 Å². The summed E-state index contributed by atoms with van der Waals surface area (Å²) in [6.07, 6.45) is 2.50. The molecule has 0 bridgehead atoms. The zero-order valence-electron chi connectivity index (χ0n) is 18.4. The van der Waals surface area contributed by atoms with E-state index < -0.39 is 6.04 Å². The molecule has 2 fully saturated rings. The minimum atomic E-state index is -0.490. The fourth-order valence-corrected chi connectivity index (χ4v) is 4.38. The number of likely N-dealkylation sites (tertiary alicyclic amines) is 1. The number of benzene rings is 1. The minimum absolute atomic E-state index is 0.0425. The van der Waals surface area contributed by atoms with E-state index in [1.807, 2.05) is 49.9 Å². The van der Waals surface area contributed by atoms with E-state index in [-0.39, 0.29) is 17.7 Å². The van der Waals surface area contributed by atoms with Gasteiger partial charge >= 0.3 is 0 Å². The number of hydrogen-bond acceptors (Lipinski definition) is 4. The Hall–Kier alpha value is -1.92. The number of amides is 2. The Morgan fingerprint density at radius 3 is 2.28 bits per heavy atom. The van der Waals surface area contributed by atoms with E-state index in [1.165, 1.54) is 19.4 Å². The van der Waals surface area contributed by atoms with Gasteiger partial charge in [0, 0.05) is 44.3 Å². The molecule has 2 atom stereocenters. The smallest absolute Gasteiger partial charge is 0.251 e. The summed E-state index contributed by atoms with van der Waals surface area (Å²) in [5.74, 6) is -0.0938. The highest BCUT2D eigenvalue weighted by molar-refractivity contribution is 5.97. The summed E-state index contributed by atoms with van der Waals surface area (Å²) in [6.45, 7) is 11.6. The van der Waals surface area contributed by atoms with Gasteiger partial charge in [0.25, 0.3) is 5.91 Å². The number of nitrogens with zero attached hydrogens (tertiary/aromatic N) is 3. The second-order valence-corrected chi connectivity index (χ2v) is 8.98. The van der Waals surface area contributed by atoms with Crippen LogP contribution in [0.4, 0.5) is 0 Å². The van der Waals surface area contributed by atoms with Crippen LogP contribution in [0.15, 0.2) is 24.3 Å². The largest absolute Gasteiger partial charge is 0.340 e. The lowest BCUT2D eigenvalue weighted by atomic mass is 10.0. The molecule has 2 aliphatic rings. The van der Waals surface area contributed by atoms with Crippen LogP contribution in [0.2, 0.25) is 0 Å². The van der Waals surface area contributed by atoms with Crippen molar-refractivity contribution in [2.45, 2.75) is 45.7 Å². The lowest BCUT2D eigenvalue weighted by Gasteiger charge is -2.43. The van der Waals surface area contributed by atoms with Crippen molar-refractivity contribution in [2.24, 2.45) is 5.92 Å². The molecule has 6 heteroatoms. The molecule has 0 radical (unpaired) electrons. The second-order valence-electron chi connectivity index (χ2n) is 8.98. The third-order valence-electron chi connectivity index (χ3n) is 6.28. The van der Waals surface area contributed by atoms with Gasteiger partial charge in [-0.25, -0.2) is 0 Å². The molecule has 2 aliphatic heterocycles. The van der Waals surface area contributed by atoms with Crippen LogP contribution >= 0.6 is 0 Å². The number of nitrogens with one attached hydrogen (secondary N) is 1. The molecule has 160 valence electrons. The molecule has 3 rings (SSSR count). The van der Waals surface area contributed by atoms with E-state index >= 15 is 0 Å². The maximum atomic E-state index is 13.2. The van der Waals surface area contributed by atoms with Crippen molar-refractivity contribution in [3.8, 4) is 0 Å². The predicted octanol–water partition coefficient (Wildman–Crippen LogP) is 1.99. The van der Waals surface area contributed by atoms with E-state index in [4.69, 9.17) is 0 Å². The first kappa shape index (κ1) is 21.8. The third-order valence-corrected chi connectivity index (χ3v) is 6.28. The summed E-state index contributed by atoms with van der Waals surface area (Å²) in [6, 6.07) is 7.58. The summed E-state index contributed by atoms with van der Waals surface area (Å²) >= 11 is 0. The van der Waals surface area contributed by atoms with Gasteiger partial charge in [0.15, 0.2) is 0 Å². The van der Waals surface area contributed by atoms with Crippen molar-refractivity contribution in [1.29, 1.82) is 0 Å². The fourth-order valence-electron chi connectivity index (χ4n) is 4.38. The molecule has 0 aromatic heterocycles. The van der Waals surface area contributed by atoms with Gasteiger partial charge in [-0.15, -0.1) is 0 Å². The number of piperidine rings is 1. The summed E-state index contributed by atoms with van der Waals surface area (Å²) in [5, 5.41) is 2.98. The van der Waals surface area contributed by atoms with Crippen molar-refractivity contribution in [3.63, 3.8) is 0 Å². The molecule has 2 amide bonds. The molecule has 2 saturated heterocycles. The number of aryl methyl sites for hydroxylation is 1. The van der Waals surface area contributed by atoms with E-state index in [0.29, 0.717) is 11.6 Å². The van der Waals surface area contributed by atoms with Crippen molar-refractivity contribution in [3.05, 3.63) is 35.4 Å². The first-order chi connectivity index (χ1) is 13.8. The molecule has 0 aliphatic carbocycles. The highest BCUT2D eigenvalue weighted by atomic mass is 16.2. The highest BCUT2D eigenvalue weighted by Gasteiger charge is 2.33. The number of carbonyl (C=O) groups is 2. The fraction of sp³-hybridized carbons (Fsp3) is 0.652. The Bertz CT molecular complexity index is 695. The molecule has 1 N–H and O–H groups in total. The summed E-state index contributed by atoms with van der Waals surface area (Å²) in [7, 11) is 2.19. The third kappa shape index (κ3) is 5.58. The topological polar surface area (TPSA) is 55.9 Å². The van der Waals surface area contributed by atoms with Crippen LogP contribution in [-0.2, 0) is 4.79 Å². The van der Waals surface area contributed by atoms with Crippen LogP contribution in [0.3, 0.4) is 0 Å². The average molecular weight is 401 g/mol. The maximum Gasteiger partial charge on any atom is 0.251 e. The normalized spacial score (nSPS) is 22.5. The van der Waals surface area contributed by atoms with Crippen molar-refractivity contribution >= 4 is 11.8 Å². The highest BCUT2D eigenvalue weighted by Crippen LogP contribution is 2.18. The zero-order valence-corrected chi connectivity index (χ0v) is 18.4. The molecular weight excluding hydrogens is 364 g/mol. The number of likely N-dealkylation sites (N-methyl/N-ethyl adjacent to an activating group) is 1. The maximum absolute atomic E-state index is 13.2. The number of rotatable bonds is 5. The lowest BCUT2D eigenvalue weighted by molar-refractivity contribution is -0.136. The van der Waals surface area contributed by atoms with Crippen LogP contribution in [0, 0.1) is 12.8 Å². The quantitative estimate of drug-likeness (QED) is 0.821. The Morgan fingerprint density at radius 2 is 1.69 bits per heavy atom. The van der Waals surface area contributed by atoms with E-state index in [9.17, 15) is 9.59 Å². The lowest BCUT2D eigenvalue weighted by Crippen LogP contribution is -2.59. The molecule has 0 saturated carbocycles. The van der Waals surface area contributed by atoms with E-state index in [0.717, 1.165) is 38.3 Å². The summed E-state index contributed by atoms with van der Waals surface area (Å²) in [4.78, 5) is 32.7. The molecule has 1 aromatic carbocycles. The van der Waals surface area contributed by atoms with Gasteiger partial charge in [0.2, 0.25) is 5.91 Å². The molecule has 6 nitrogen and oxygen atoms in total. The first-order valence-electron chi connectivity index (χ1n) is 10.9. The molecule has 2 heterocycles. The van der Waals surface area contributed by atoms with E-state index in [1.54, 1.807) is 0 Å². The Morgan fingerprint density at radius 1 is 1.03 bits per heavy atom. The number of hydrogen-bond donors (Lipinski definition) is 1. The predicted molar refractivity (Wildman–Crippen MR) is 116 cm³/mol. The zero-order chi connectivity index (χ0) is 21.0. The SMILES string of the molecule is Cc1ccc(C(=O)NC(C(=O)N2CCN(C3CCCN(C)C3)CC2)C(C)C)cc1. The molecular formula is C23H36N4O2. The minimum Gasteiger partial charge on any atom is -0.340 e. The second kappa shape index (κ2) is 9.72. The van der Waals surface area contributed by atoms with Gasteiger partial charge in [-0.2, -0.15) is 0 Å². The van der Waals surface area contributed by atoms with Crippen LogP contribution in [0.5, 0.6) is 0 Å². The monoisotopic (exact) mass is 400 g/mol. The van der Waals surface area contributed by atoms with Crippen LogP contribution in [-0.4, -0.2) is 84.9 Å². The molecule has 2 unspecified atom stereocenters. The number of carbonyl (C=O) groups excluding carboxylic acids is 2. The molecule has 1 aromatic rings. The Balaban J connectivity index is 1.57. The Labute approximate surface area is 175 Å². The van der Waals surface area contributed by atoms with Gasteiger partial charge in [-0.3, -0.25) is 14.5 Å². The van der Waals surface area contributed by atoms with Gasteiger partial charge < -0.3 is 15.1 Å². The first-order valence-corrected chi connectivity index (χ1v) is 10.9. The van der Waals surface area contributed by atoms with Gasteiger partial charge in [0.05, 0.1) is 0 Å². The molecule has 0 spiro atoms. The van der Waals surface area contributed by atoms with Crippen molar-refractivity contribution < 1.29 is 9.59 Å². The van der Waals surface area contributed by atoms with Crippen molar-refractivity contribution in [1.82, 2.24) is 20.0 Å². The van der Waals surface area contributed by atoms with Gasteiger partial charge in [-0.1, -0.05) is 31.5 Å². The average Bonchev–Trinajstić information content (AvgIpc) is 2.72. The standard InChI is InChI=1S/C23H36N4O2/c1-17(2)21(24-22(28)19-9-7-18(3)8-10-19)23(29)27-14-12-26(13-15-27)20-6-5-11-25(4)16-20/h7-10,17,20-21H,5-6,11-16H2,1-4H3,(H,24,28). The molecule has 29 heavy (non-hydrogen) atoms. The Kier molecular flexibility index (Phi) is 7.30. The van der Waals surface area contributed by atoms with Crippen LogP contribution in [0.25, 0.3) is 0 Å². The van der Waals surface area contributed by atoms with Gasteiger partial charge in [-0.05, 0) is 51.4 Å².